The molecule has 9 heteroatoms. The lowest BCUT2D eigenvalue weighted by molar-refractivity contribution is -0.139. The predicted molar refractivity (Wildman–Crippen MR) is 137 cm³/mol. The molecule has 2 amide bonds. The van der Waals surface area contributed by atoms with Gasteiger partial charge in [0.15, 0.2) is 0 Å². The van der Waals surface area contributed by atoms with Gasteiger partial charge in [-0.3, -0.25) is 9.59 Å². The van der Waals surface area contributed by atoms with Crippen LogP contribution in [0.5, 0.6) is 0 Å². The van der Waals surface area contributed by atoms with Gasteiger partial charge in [0.25, 0.3) is 0 Å². The summed E-state index contributed by atoms with van der Waals surface area (Å²) in [6, 6.07) is 9.95. The van der Waals surface area contributed by atoms with Crippen molar-refractivity contribution in [2.24, 2.45) is 0 Å². The number of nitrogens with one attached hydrogen (secondary N) is 1. The van der Waals surface area contributed by atoms with E-state index in [-0.39, 0.29) is 24.1 Å². The van der Waals surface area contributed by atoms with E-state index in [0.717, 1.165) is 17.5 Å². The average molecular weight is 536 g/mol. The second-order valence-electron chi connectivity index (χ2n) is 7.18. The predicted octanol–water partition coefficient (Wildman–Crippen LogP) is 6.87. The van der Waals surface area contributed by atoms with Gasteiger partial charge in [-0.15, -0.1) is 11.8 Å². The number of halogens is 4. The van der Waals surface area contributed by atoms with E-state index < -0.39 is 6.04 Å². The van der Waals surface area contributed by atoms with Crippen LogP contribution in [-0.4, -0.2) is 35.1 Å². The van der Waals surface area contributed by atoms with Crippen molar-refractivity contribution in [1.82, 2.24) is 10.2 Å². The minimum absolute atomic E-state index is 0.150. The molecule has 4 nitrogen and oxygen atoms in total. The fraction of sp³-hybridized carbons (Fsp3) is 0.391. The van der Waals surface area contributed by atoms with E-state index in [9.17, 15) is 9.59 Å². The van der Waals surface area contributed by atoms with Crippen molar-refractivity contribution in [1.29, 1.82) is 0 Å². The highest BCUT2D eigenvalue weighted by Gasteiger charge is 2.28. The van der Waals surface area contributed by atoms with Crippen molar-refractivity contribution in [2.45, 2.75) is 45.0 Å². The van der Waals surface area contributed by atoms with Crippen LogP contribution in [0.1, 0.15) is 37.8 Å². The summed E-state index contributed by atoms with van der Waals surface area (Å²) in [6.07, 6.45) is 1.31. The maximum Gasteiger partial charge on any atom is 0.242 e. The monoisotopic (exact) mass is 534 g/mol. The first-order valence-electron chi connectivity index (χ1n) is 10.3. The zero-order chi connectivity index (χ0) is 23.7. The van der Waals surface area contributed by atoms with Crippen molar-refractivity contribution < 1.29 is 9.59 Å². The molecule has 0 fully saturated rings. The van der Waals surface area contributed by atoms with Gasteiger partial charge in [0.05, 0.1) is 15.8 Å². The van der Waals surface area contributed by atoms with Crippen LogP contribution < -0.4 is 5.32 Å². The fourth-order valence-electron chi connectivity index (χ4n) is 3.11. The SMILES string of the molecule is CCCNC(=O)C(CC)N(Cc1ccc(Cl)c(Cl)c1)C(=O)CSCc1c(Cl)cccc1Cl. The molecule has 1 unspecified atom stereocenters. The lowest BCUT2D eigenvalue weighted by atomic mass is 10.1. The van der Waals surface area contributed by atoms with Gasteiger partial charge in [-0.1, -0.05) is 72.4 Å². The number of thioether (sulfide) groups is 1. The first kappa shape index (κ1) is 27.1. The highest BCUT2D eigenvalue weighted by atomic mass is 35.5. The van der Waals surface area contributed by atoms with Crippen LogP contribution in [-0.2, 0) is 21.9 Å². The summed E-state index contributed by atoms with van der Waals surface area (Å²) in [7, 11) is 0. The van der Waals surface area contributed by atoms with Gasteiger partial charge >= 0.3 is 0 Å². The molecule has 1 N–H and O–H groups in total. The molecule has 0 aliphatic heterocycles. The Morgan fingerprint density at radius 2 is 1.69 bits per heavy atom. The van der Waals surface area contributed by atoms with Crippen LogP contribution in [0.4, 0.5) is 0 Å². The summed E-state index contributed by atoms with van der Waals surface area (Å²) >= 11 is 26.1. The van der Waals surface area contributed by atoms with E-state index in [0.29, 0.717) is 38.8 Å². The van der Waals surface area contributed by atoms with Crippen LogP contribution in [0.3, 0.4) is 0 Å². The van der Waals surface area contributed by atoms with Gasteiger partial charge in [0.2, 0.25) is 11.8 Å². The minimum atomic E-state index is -0.590. The summed E-state index contributed by atoms with van der Waals surface area (Å²) < 4.78 is 0. The van der Waals surface area contributed by atoms with E-state index in [1.807, 2.05) is 19.9 Å². The third kappa shape index (κ3) is 7.74. The lowest BCUT2D eigenvalue weighted by Gasteiger charge is -2.30. The number of benzene rings is 2. The minimum Gasteiger partial charge on any atom is -0.354 e. The Morgan fingerprint density at radius 3 is 2.28 bits per heavy atom. The van der Waals surface area contributed by atoms with E-state index in [4.69, 9.17) is 46.4 Å². The highest BCUT2D eigenvalue weighted by Crippen LogP contribution is 2.29. The molecule has 0 heterocycles. The fourth-order valence-corrected chi connectivity index (χ4v) is 5.08. The molecule has 174 valence electrons. The molecule has 0 radical (unpaired) electrons. The molecule has 1 atom stereocenters. The summed E-state index contributed by atoms with van der Waals surface area (Å²) in [6.45, 7) is 4.68. The van der Waals surface area contributed by atoms with Crippen LogP contribution >= 0.6 is 58.2 Å². The highest BCUT2D eigenvalue weighted by molar-refractivity contribution is 7.99. The van der Waals surface area contributed by atoms with Crippen molar-refractivity contribution in [3.63, 3.8) is 0 Å². The summed E-state index contributed by atoms with van der Waals surface area (Å²) in [5, 5.41) is 4.87. The Kier molecular flexibility index (Phi) is 11.5. The number of nitrogens with zero attached hydrogens (tertiary/aromatic N) is 1. The van der Waals surface area contributed by atoms with Crippen molar-refractivity contribution in [3.05, 3.63) is 67.6 Å². The maximum atomic E-state index is 13.2. The zero-order valence-electron chi connectivity index (χ0n) is 18.0. The molecule has 2 aromatic rings. The molecular formula is C23H26Cl4N2O2S. The normalized spacial score (nSPS) is 11.8. The molecule has 0 saturated carbocycles. The van der Waals surface area contributed by atoms with E-state index in [2.05, 4.69) is 5.32 Å². The molecule has 0 spiro atoms. The summed E-state index contributed by atoms with van der Waals surface area (Å²) in [5.41, 5.74) is 1.59. The molecule has 0 aromatic heterocycles. The van der Waals surface area contributed by atoms with Gasteiger partial charge in [-0.05, 0) is 48.2 Å². The van der Waals surface area contributed by atoms with E-state index >= 15 is 0 Å². The first-order chi connectivity index (χ1) is 15.3. The number of carbonyl (C=O) groups is 2. The number of hydrogen-bond donors (Lipinski definition) is 1. The molecule has 2 aromatic carbocycles. The second-order valence-corrected chi connectivity index (χ2v) is 9.79. The zero-order valence-corrected chi connectivity index (χ0v) is 21.8. The number of amides is 2. The summed E-state index contributed by atoms with van der Waals surface area (Å²) in [5.74, 6) is 0.356. The van der Waals surface area contributed by atoms with Crippen molar-refractivity contribution in [3.8, 4) is 0 Å². The van der Waals surface area contributed by atoms with Crippen LogP contribution in [0, 0.1) is 0 Å². The van der Waals surface area contributed by atoms with Crippen molar-refractivity contribution in [2.75, 3.05) is 12.3 Å². The van der Waals surface area contributed by atoms with Gasteiger partial charge < -0.3 is 10.2 Å². The van der Waals surface area contributed by atoms with Gasteiger partial charge in [0, 0.05) is 28.9 Å². The molecule has 0 bridgehead atoms. The van der Waals surface area contributed by atoms with Crippen LogP contribution in [0.2, 0.25) is 20.1 Å². The first-order valence-corrected chi connectivity index (χ1v) is 13.0. The Bertz CT molecular complexity index is 922. The van der Waals surface area contributed by atoms with Crippen LogP contribution in [0.15, 0.2) is 36.4 Å². The molecule has 32 heavy (non-hydrogen) atoms. The number of carbonyl (C=O) groups excluding carboxylic acids is 2. The van der Waals surface area contributed by atoms with Crippen molar-refractivity contribution >= 4 is 70.0 Å². The third-order valence-corrected chi connectivity index (χ3v) is 7.20. The summed E-state index contributed by atoms with van der Waals surface area (Å²) in [4.78, 5) is 27.6. The Hall–Kier alpha value is -1.11. The van der Waals surface area contributed by atoms with Gasteiger partial charge in [0.1, 0.15) is 6.04 Å². The van der Waals surface area contributed by atoms with E-state index in [1.54, 1.807) is 35.2 Å². The lowest BCUT2D eigenvalue weighted by Crippen LogP contribution is -2.49. The Morgan fingerprint density at radius 1 is 1.00 bits per heavy atom. The molecule has 0 aliphatic rings. The van der Waals surface area contributed by atoms with E-state index in [1.165, 1.54) is 11.8 Å². The molecule has 0 aliphatic carbocycles. The van der Waals surface area contributed by atoms with Gasteiger partial charge in [-0.25, -0.2) is 0 Å². The largest absolute Gasteiger partial charge is 0.354 e. The standard InChI is InChI=1S/C23H26Cl4N2O2S/c1-3-10-28-23(31)21(4-2)29(12-15-8-9-19(26)20(27)11-15)22(30)14-32-13-16-17(24)6-5-7-18(16)25/h5-9,11,21H,3-4,10,12-14H2,1-2H3,(H,28,31). The molecular weight excluding hydrogens is 510 g/mol. The number of rotatable bonds is 11. The maximum absolute atomic E-state index is 13.2. The van der Waals surface area contributed by atoms with Crippen LogP contribution in [0.25, 0.3) is 0 Å². The Balaban J connectivity index is 2.18. The Labute approximate surface area is 213 Å². The smallest absolute Gasteiger partial charge is 0.242 e. The van der Waals surface area contributed by atoms with Gasteiger partial charge in [-0.2, -0.15) is 0 Å². The average Bonchev–Trinajstić information content (AvgIpc) is 2.76. The molecule has 0 saturated heterocycles. The third-order valence-electron chi connectivity index (χ3n) is 4.81. The second kappa shape index (κ2) is 13.6. The number of hydrogen-bond acceptors (Lipinski definition) is 3. The topological polar surface area (TPSA) is 49.4 Å². The molecule has 2 rings (SSSR count). The quantitative estimate of drug-likeness (QED) is 0.341.